The van der Waals surface area contributed by atoms with E-state index in [1.165, 1.54) is 0 Å². The van der Waals surface area contributed by atoms with Gasteiger partial charge in [0.05, 0.1) is 12.6 Å². The fraction of sp³-hybridized carbons (Fsp3) is 0.150. The molecule has 0 aliphatic rings. The predicted molar refractivity (Wildman–Crippen MR) is 109 cm³/mol. The molecule has 6 nitrogen and oxygen atoms in total. The maximum absolute atomic E-state index is 12.0. The van der Waals surface area contributed by atoms with Crippen molar-refractivity contribution in [1.82, 2.24) is 9.99 Å². The van der Waals surface area contributed by atoms with Crippen LogP contribution in [0.3, 0.4) is 0 Å². The molecule has 2 amide bonds. The lowest BCUT2D eigenvalue weighted by Gasteiger charge is -2.02. The van der Waals surface area contributed by atoms with Gasteiger partial charge in [-0.3, -0.25) is 9.59 Å². The number of nitrogens with one attached hydrogen (secondary N) is 1. The number of nitrogens with zero attached hydrogens (tertiary/aromatic N) is 2. The zero-order chi connectivity index (χ0) is 19.2. The van der Waals surface area contributed by atoms with Crippen molar-refractivity contribution in [1.29, 1.82) is 0 Å². The van der Waals surface area contributed by atoms with Crippen molar-refractivity contribution < 1.29 is 9.59 Å². The number of hydrazone groups is 1. The fourth-order valence-corrected chi connectivity index (χ4v) is 3.06. The Morgan fingerprint density at radius 1 is 1.15 bits per heavy atom. The molecule has 7 heteroatoms. The monoisotopic (exact) mass is 426 g/mol. The van der Waals surface area contributed by atoms with Gasteiger partial charge in [-0.25, -0.2) is 5.43 Å². The van der Waals surface area contributed by atoms with Gasteiger partial charge in [0.25, 0.3) is 0 Å². The number of hydrogen-bond acceptors (Lipinski definition) is 3. The number of aromatic nitrogens is 1. The van der Waals surface area contributed by atoms with Crippen molar-refractivity contribution in [2.75, 3.05) is 0 Å². The van der Waals surface area contributed by atoms with Crippen LogP contribution in [0.15, 0.2) is 64.3 Å². The smallest absolute Gasteiger partial charge is 0.244 e. The highest BCUT2D eigenvalue weighted by molar-refractivity contribution is 9.10. The summed E-state index contributed by atoms with van der Waals surface area (Å²) < 4.78 is 2.93. The van der Waals surface area contributed by atoms with Crippen LogP contribution in [-0.2, 0) is 22.6 Å². The first-order valence-corrected chi connectivity index (χ1v) is 9.25. The minimum Gasteiger partial charge on any atom is -0.370 e. The summed E-state index contributed by atoms with van der Waals surface area (Å²) >= 11 is 3.37. The lowest BCUT2D eigenvalue weighted by atomic mass is 10.1. The quantitative estimate of drug-likeness (QED) is 0.449. The van der Waals surface area contributed by atoms with Crippen LogP contribution >= 0.6 is 15.9 Å². The molecule has 1 aromatic heterocycles. The molecule has 0 bridgehead atoms. The van der Waals surface area contributed by atoms with Crippen molar-refractivity contribution in [2.45, 2.75) is 19.4 Å². The zero-order valence-corrected chi connectivity index (χ0v) is 16.1. The van der Waals surface area contributed by atoms with Gasteiger partial charge in [-0.05, 0) is 23.8 Å². The molecule has 0 saturated heterocycles. The molecular weight excluding hydrogens is 408 g/mol. The van der Waals surface area contributed by atoms with E-state index in [0.717, 1.165) is 26.5 Å². The van der Waals surface area contributed by atoms with E-state index in [1.54, 1.807) is 6.21 Å². The largest absolute Gasteiger partial charge is 0.370 e. The van der Waals surface area contributed by atoms with Crippen LogP contribution < -0.4 is 11.2 Å². The van der Waals surface area contributed by atoms with Crippen LogP contribution in [-0.4, -0.2) is 22.6 Å². The molecule has 3 aromatic rings. The lowest BCUT2D eigenvalue weighted by molar-refractivity contribution is -0.120. The Labute approximate surface area is 165 Å². The Bertz CT molecular complexity index is 993. The standard InChI is InChI=1S/C20H19BrN4O2/c21-16-7-5-14(6-8-16)11-20(27)24-23-12-15-13-25(10-9-19(22)26)18-4-2-1-3-17(15)18/h1-8,12-13H,9-11H2,(H2,22,26)(H,24,27)/b23-12-. The second kappa shape index (κ2) is 8.64. The Kier molecular flexibility index (Phi) is 6.03. The average molecular weight is 427 g/mol. The summed E-state index contributed by atoms with van der Waals surface area (Å²) in [6.45, 7) is 0.500. The molecule has 3 N–H and O–H groups in total. The third-order valence-electron chi connectivity index (χ3n) is 4.09. The number of para-hydroxylation sites is 1. The average Bonchev–Trinajstić information content (AvgIpc) is 3.00. The van der Waals surface area contributed by atoms with E-state index in [1.807, 2.05) is 59.3 Å². The molecule has 0 spiro atoms. The molecule has 0 fully saturated rings. The normalized spacial score (nSPS) is 11.1. The summed E-state index contributed by atoms with van der Waals surface area (Å²) in [7, 11) is 0. The van der Waals surface area contributed by atoms with Crippen molar-refractivity contribution in [2.24, 2.45) is 10.8 Å². The van der Waals surface area contributed by atoms with Crippen LogP contribution in [0, 0.1) is 0 Å². The molecule has 0 aliphatic carbocycles. The van der Waals surface area contributed by atoms with Crippen LogP contribution in [0.5, 0.6) is 0 Å². The van der Waals surface area contributed by atoms with E-state index in [-0.39, 0.29) is 24.7 Å². The number of nitrogens with two attached hydrogens (primary N) is 1. The number of carbonyl (C=O) groups is 2. The zero-order valence-electron chi connectivity index (χ0n) is 14.6. The highest BCUT2D eigenvalue weighted by Crippen LogP contribution is 2.20. The van der Waals surface area contributed by atoms with Gasteiger partial charge >= 0.3 is 0 Å². The maximum Gasteiger partial charge on any atom is 0.244 e. The molecule has 138 valence electrons. The van der Waals surface area contributed by atoms with Crippen LogP contribution in [0.25, 0.3) is 10.9 Å². The molecule has 0 radical (unpaired) electrons. The summed E-state index contributed by atoms with van der Waals surface area (Å²) in [6, 6.07) is 15.4. The summed E-state index contributed by atoms with van der Waals surface area (Å²) in [6.07, 6.45) is 4.03. The van der Waals surface area contributed by atoms with Gasteiger partial charge in [0, 0.05) is 40.1 Å². The van der Waals surface area contributed by atoms with E-state index in [9.17, 15) is 9.59 Å². The molecule has 1 heterocycles. The molecule has 0 unspecified atom stereocenters. The SMILES string of the molecule is NC(=O)CCn1cc(/C=N\NC(=O)Cc2ccc(Br)cc2)c2ccccc21. The van der Waals surface area contributed by atoms with Gasteiger partial charge in [-0.1, -0.05) is 46.3 Å². The van der Waals surface area contributed by atoms with Crippen molar-refractivity contribution in [3.8, 4) is 0 Å². The Morgan fingerprint density at radius 3 is 2.63 bits per heavy atom. The number of primary amides is 1. The number of hydrogen-bond donors (Lipinski definition) is 2. The van der Waals surface area contributed by atoms with Crippen molar-refractivity contribution >= 4 is 44.9 Å². The molecule has 0 atom stereocenters. The second-order valence-corrected chi connectivity index (χ2v) is 7.02. The van der Waals surface area contributed by atoms with Crippen LogP contribution in [0.1, 0.15) is 17.5 Å². The minimum absolute atomic E-state index is 0.189. The summed E-state index contributed by atoms with van der Waals surface area (Å²) in [5.41, 5.74) is 10.6. The number of rotatable bonds is 7. The van der Waals surface area contributed by atoms with E-state index in [4.69, 9.17) is 5.73 Å². The third kappa shape index (κ3) is 5.04. The highest BCUT2D eigenvalue weighted by Gasteiger charge is 2.08. The summed E-state index contributed by atoms with van der Waals surface area (Å²) in [5, 5.41) is 5.07. The van der Waals surface area contributed by atoms with E-state index in [2.05, 4.69) is 26.5 Å². The van der Waals surface area contributed by atoms with E-state index >= 15 is 0 Å². The van der Waals surface area contributed by atoms with E-state index < -0.39 is 0 Å². The van der Waals surface area contributed by atoms with Crippen LogP contribution in [0.2, 0.25) is 0 Å². The number of aryl methyl sites for hydroxylation is 1. The third-order valence-corrected chi connectivity index (χ3v) is 4.62. The number of halogens is 1. The molecule has 0 saturated carbocycles. The molecule has 3 rings (SSSR count). The van der Waals surface area contributed by atoms with Gasteiger partial charge in [-0.15, -0.1) is 0 Å². The Hall–Kier alpha value is -2.93. The van der Waals surface area contributed by atoms with Gasteiger partial charge in [0.15, 0.2) is 0 Å². The second-order valence-electron chi connectivity index (χ2n) is 6.11. The minimum atomic E-state index is -0.344. The van der Waals surface area contributed by atoms with Gasteiger partial charge in [0.2, 0.25) is 11.8 Å². The summed E-state index contributed by atoms with van der Waals surface area (Å²) in [5.74, 6) is -0.533. The Morgan fingerprint density at radius 2 is 1.89 bits per heavy atom. The first-order chi connectivity index (χ1) is 13.0. The van der Waals surface area contributed by atoms with E-state index in [0.29, 0.717) is 6.54 Å². The van der Waals surface area contributed by atoms with Crippen molar-refractivity contribution in [3.05, 3.63) is 70.3 Å². The fourth-order valence-electron chi connectivity index (χ4n) is 2.79. The molecule has 0 aliphatic heterocycles. The lowest BCUT2D eigenvalue weighted by Crippen LogP contribution is -2.19. The number of fused-ring (bicyclic) bond motifs is 1. The Balaban J connectivity index is 1.69. The van der Waals surface area contributed by atoms with Crippen molar-refractivity contribution in [3.63, 3.8) is 0 Å². The first-order valence-electron chi connectivity index (χ1n) is 8.45. The molecule has 2 aromatic carbocycles. The van der Waals surface area contributed by atoms with Crippen LogP contribution in [0.4, 0.5) is 0 Å². The summed E-state index contributed by atoms with van der Waals surface area (Å²) in [4.78, 5) is 23.1. The first kappa shape index (κ1) is 18.8. The predicted octanol–water partition coefficient (Wildman–Crippen LogP) is 2.97. The molecular formula is C20H19BrN4O2. The molecule has 27 heavy (non-hydrogen) atoms. The van der Waals surface area contributed by atoms with Gasteiger partial charge in [0.1, 0.15) is 0 Å². The van der Waals surface area contributed by atoms with Gasteiger partial charge in [-0.2, -0.15) is 5.10 Å². The van der Waals surface area contributed by atoms with Gasteiger partial charge < -0.3 is 10.3 Å². The number of carbonyl (C=O) groups excluding carboxylic acids is 2. The number of benzene rings is 2. The maximum atomic E-state index is 12.0. The highest BCUT2D eigenvalue weighted by atomic mass is 79.9. The number of amides is 2. The topological polar surface area (TPSA) is 89.5 Å².